The van der Waals surface area contributed by atoms with Gasteiger partial charge in [0.2, 0.25) is 5.91 Å². The lowest BCUT2D eigenvalue weighted by atomic mass is 10.3. The van der Waals surface area contributed by atoms with Crippen LogP contribution in [0.5, 0.6) is 0 Å². The first-order chi connectivity index (χ1) is 6.09. The molecule has 1 N–H and O–H groups in total. The normalized spacial score (nSPS) is 12.2. The van der Waals surface area contributed by atoms with E-state index in [9.17, 15) is 9.18 Å². The monoisotopic (exact) mass is 199 g/mol. The molecular formula is C9H10FNOS. The number of amides is 1. The van der Waals surface area contributed by atoms with Gasteiger partial charge < -0.3 is 5.32 Å². The zero-order chi connectivity index (χ0) is 9.84. The summed E-state index contributed by atoms with van der Waals surface area (Å²) in [5.74, 6) is -0.521. The van der Waals surface area contributed by atoms with Crippen LogP contribution in [0, 0.1) is 5.82 Å². The highest BCUT2D eigenvalue weighted by atomic mass is 32.1. The molecule has 13 heavy (non-hydrogen) atoms. The predicted octanol–water partition coefficient (Wildman–Crippen LogP) is 2.08. The van der Waals surface area contributed by atoms with Gasteiger partial charge in [0.1, 0.15) is 5.82 Å². The van der Waals surface area contributed by atoms with Crippen LogP contribution >= 0.6 is 12.6 Å². The molecule has 1 atom stereocenters. The molecule has 0 bridgehead atoms. The van der Waals surface area contributed by atoms with Crippen LogP contribution in [0.25, 0.3) is 0 Å². The van der Waals surface area contributed by atoms with E-state index in [1.807, 2.05) is 0 Å². The summed E-state index contributed by atoms with van der Waals surface area (Å²) >= 11 is 3.96. The number of anilines is 1. The van der Waals surface area contributed by atoms with Gasteiger partial charge >= 0.3 is 0 Å². The van der Waals surface area contributed by atoms with E-state index < -0.39 is 0 Å². The minimum Gasteiger partial charge on any atom is -0.325 e. The fourth-order valence-electron chi connectivity index (χ4n) is 0.780. The Morgan fingerprint density at radius 1 is 1.46 bits per heavy atom. The van der Waals surface area contributed by atoms with Crippen molar-refractivity contribution in [2.24, 2.45) is 0 Å². The van der Waals surface area contributed by atoms with E-state index in [4.69, 9.17) is 0 Å². The van der Waals surface area contributed by atoms with Crippen LogP contribution in [0.4, 0.5) is 10.1 Å². The summed E-state index contributed by atoms with van der Waals surface area (Å²) in [7, 11) is 0. The van der Waals surface area contributed by atoms with Gasteiger partial charge in [-0.05, 0) is 31.2 Å². The van der Waals surface area contributed by atoms with Crippen molar-refractivity contribution in [3.05, 3.63) is 30.1 Å². The summed E-state index contributed by atoms with van der Waals surface area (Å²) in [5.41, 5.74) is 0.576. The zero-order valence-electron chi connectivity index (χ0n) is 7.12. The molecule has 0 spiro atoms. The van der Waals surface area contributed by atoms with Crippen LogP contribution in [0.15, 0.2) is 24.3 Å². The number of nitrogens with one attached hydrogen (secondary N) is 1. The first-order valence-corrected chi connectivity index (χ1v) is 4.36. The third kappa shape index (κ3) is 3.06. The van der Waals surface area contributed by atoms with Crippen molar-refractivity contribution >= 4 is 24.2 Å². The predicted molar refractivity (Wildman–Crippen MR) is 53.5 cm³/mol. The van der Waals surface area contributed by atoms with Crippen molar-refractivity contribution in [3.8, 4) is 0 Å². The van der Waals surface area contributed by atoms with E-state index in [-0.39, 0.29) is 17.0 Å². The summed E-state index contributed by atoms with van der Waals surface area (Å²) in [4.78, 5) is 11.1. The molecule has 1 unspecified atom stereocenters. The largest absolute Gasteiger partial charge is 0.325 e. The number of carbonyl (C=O) groups excluding carboxylic acids is 1. The fraction of sp³-hybridized carbons (Fsp3) is 0.222. The molecule has 0 saturated carbocycles. The van der Waals surface area contributed by atoms with Gasteiger partial charge in [-0.2, -0.15) is 12.6 Å². The lowest BCUT2D eigenvalue weighted by Crippen LogP contribution is -2.20. The lowest BCUT2D eigenvalue weighted by molar-refractivity contribution is -0.115. The molecule has 0 aliphatic heterocycles. The second kappa shape index (κ2) is 4.28. The van der Waals surface area contributed by atoms with Crippen LogP contribution in [-0.2, 0) is 4.79 Å². The van der Waals surface area contributed by atoms with Gasteiger partial charge in [-0.1, -0.05) is 0 Å². The van der Waals surface area contributed by atoms with E-state index >= 15 is 0 Å². The standard InChI is InChI=1S/C9H10FNOS/c1-6(13)9(12)11-8-4-2-7(10)3-5-8/h2-6,13H,1H3,(H,11,12). The molecule has 0 saturated heterocycles. The minimum absolute atomic E-state index is 0.199. The third-order valence-corrected chi connectivity index (χ3v) is 1.73. The van der Waals surface area contributed by atoms with Crippen molar-refractivity contribution in [1.82, 2.24) is 0 Å². The number of hydrogen-bond acceptors (Lipinski definition) is 2. The van der Waals surface area contributed by atoms with Gasteiger partial charge in [-0.15, -0.1) is 0 Å². The SMILES string of the molecule is CC(S)C(=O)Nc1ccc(F)cc1. The Morgan fingerprint density at radius 2 is 2.00 bits per heavy atom. The van der Waals surface area contributed by atoms with Crippen LogP contribution in [0.3, 0.4) is 0 Å². The van der Waals surface area contributed by atoms with Crippen molar-refractivity contribution in [1.29, 1.82) is 0 Å². The van der Waals surface area contributed by atoms with Crippen molar-refractivity contribution in [2.45, 2.75) is 12.2 Å². The molecule has 70 valence electrons. The Bertz CT molecular complexity index is 297. The molecular weight excluding hydrogens is 189 g/mol. The van der Waals surface area contributed by atoms with Crippen LogP contribution in [0.1, 0.15) is 6.92 Å². The van der Waals surface area contributed by atoms with Crippen molar-refractivity contribution in [3.63, 3.8) is 0 Å². The zero-order valence-corrected chi connectivity index (χ0v) is 8.01. The maximum Gasteiger partial charge on any atom is 0.236 e. The van der Waals surface area contributed by atoms with Crippen molar-refractivity contribution < 1.29 is 9.18 Å². The van der Waals surface area contributed by atoms with Gasteiger partial charge in [0, 0.05) is 5.69 Å². The summed E-state index contributed by atoms with van der Waals surface area (Å²) in [6, 6.07) is 5.59. The van der Waals surface area contributed by atoms with E-state index in [0.29, 0.717) is 5.69 Å². The summed E-state index contributed by atoms with van der Waals surface area (Å²) in [6.45, 7) is 1.67. The second-order valence-corrected chi connectivity index (χ2v) is 3.45. The summed E-state index contributed by atoms with van der Waals surface area (Å²) in [6.07, 6.45) is 0. The maximum atomic E-state index is 12.5. The molecule has 1 rings (SSSR count). The molecule has 0 radical (unpaired) electrons. The molecule has 0 aliphatic carbocycles. The first-order valence-electron chi connectivity index (χ1n) is 3.84. The highest BCUT2D eigenvalue weighted by Crippen LogP contribution is 2.09. The van der Waals surface area contributed by atoms with Gasteiger partial charge in [-0.25, -0.2) is 4.39 Å². The van der Waals surface area contributed by atoms with E-state index in [1.54, 1.807) is 6.92 Å². The van der Waals surface area contributed by atoms with Gasteiger partial charge in [-0.3, -0.25) is 4.79 Å². The maximum absolute atomic E-state index is 12.5. The molecule has 1 aromatic carbocycles. The smallest absolute Gasteiger partial charge is 0.236 e. The Morgan fingerprint density at radius 3 is 2.46 bits per heavy atom. The molecule has 4 heteroatoms. The van der Waals surface area contributed by atoms with Crippen LogP contribution in [0.2, 0.25) is 0 Å². The quantitative estimate of drug-likeness (QED) is 0.701. The Kier molecular flexibility index (Phi) is 3.31. The summed E-state index contributed by atoms with van der Waals surface area (Å²) in [5, 5.41) is 2.22. The molecule has 0 heterocycles. The van der Waals surface area contributed by atoms with E-state index in [0.717, 1.165) is 0 Å². The number of thiol groups is 1. The topological polar surface area (TPSA) is 29.1 Å². The number of halogens is 1. The number of carbonyl (C=O) groups is 1. The Labute approximate surface area is 81.6 Å². The molecule has 0 aromatic heterocycles. The highest BCUT2D eigenvalue weighted by Gasteiger charge is 2.07. The molecule has 1 aromatic rings. The van der Waals surface area contributed by atoms with Crippen LogP contribution < -0.4 is 5.32 Å². The average molecular weight is 199 g/mol. The molecule has 0 fully saturated rings. The van der Waals surface area contributed by atoms with Crippen molar-refractivity contribution in [2.75, 3.05) is 5.32 Å². The van der Waals surface area contributed by atoms with Gasteiger partial charge in [0.15, 0.2) is 0 Å². The second-order valence-electron chi connectivity index (χ2n) is 2.67. The molecule has 2 nitrogen and oxygen atoms in total. The molecule has 0 aliphatic rings. The Hall–Kier alpha value is -1.03. The number of hydrogen-bond donors (Lipinski definition) is 2. The fourth-order valence-corrected chi connectivity index (χ4v) is 0.844. The van der Waals surface area contributed by atoms with E-state index in [1.165, 1.54) is 24.3 Å². The summed E-state index contributed by atoms with van der Waals surface area (Å²) < 4.78 is 12.5. The van der Waals surface area contributed by atoms with Crippen LogP contribution in [-0.4, -0.2) is 11.2 Å². The lowest BCUT2D eigenvalue weighted by Gasteiger charge is -2.06. The van der Waals surface area contributed by atoms with Gasteiger partial charge in [0.25, 0.3) is 0 Å². The highest BCUT2D eigenvalue weighted by molar-refractivity contribution is 7.81. The van der Waals surface area contributed by atoms with E-state index in [2.05, 4.69) is 17.9 Å². The number of benzene rings is 1. The third-order valence-electron chi connectivity index (χ3n) is 1.49. The average Bonchev–Trinajstić information content (AvgIpc) is 2.08. The minimum atomic E-state index is -0.370. The first kappa shape index (κ1) is 10.1. The Balaban J connectivity index is 2.65. The number of rotatable bonds is 2. The van der Waals surface area contributed by atoms with Gasteiger partial charge in [0.05, 0.1) is 5.25 Å². The molecule has 1 amide bonds.